The van der Waals surface area contributed by atoms with Gasteiger partial charge in [0.15, 0.2) is 5.75 Å². The van der Waals surface area contributed by atoms with Crippen molar-refractivity contribution >= 4 is 16.6 Å². The summed E-state index contributed by atoms with van der Waals surface area (Å²) in [5.74, 6) is 0.736. The van der Waals surface area contributed by atoms with Gasteiger partial charge in [0, 0.05) is 11.1 Å². The number of anilines is 1. The molecule has 3 N–H and O–H groups in total. The van der Waals surface area contributed by atoms with Crippen molar-refractivity contribution in [2.45, 2.75) is 59.3 Å². The predicted octanol–water partition coefficient (Wildman–Crippen LogP) is 5.19. The molecule has 1 heterocycles. The van der Waals surface area contributed by atoms with Crippen molar-refractivity contribution in [2.75, 3.05) is 18.9 Å². The van der Waals surface area contributed by atoms with Crippen LogP contribution in [0.5, 0.6) is 11.5 Å². The van der Waals surface area contributed by atoms with E-state index in [1.807, 2.05) is 26.0 Å². The Hall–Kier alpha value is -2.43. The molecule has 0 saturated heterocycles. The topological polar surface area (TPSA) is 77.3 Å². The maximum Gasteiger partial charge on any atom is 0.294 e. The molecule has 0 atom stereocenters. The summed E-state index contributed by atoms with van der Waals surface area (Å²) in [6, 6.07) is 5.39. The highest BCUT2D eigenvalue weighted by atomic mass is 16.5. The summed E-state index contributed by atoms with van der Waals surface area (Å²) in [5.41, 5.74) is 7.96. The fourth-order valence-corrected chi connectivity index (χ4v) is 2.89. The molecule has 2 aromatic rings. The zero-order valence-electron chi connectivity index (χ0n) is 16.8. The van der Waals surface area contributed by atoms with Crippen molar-refractivity contribution < 1.29 is 9.47 Å². The molecule has 5 nitrogen and oxygen atoms in total. The first-order chi connectivity index (χ1) is 13.0. The molecule has 0 bridgehead atoms. The summed E-state index contributed by atoms with van der Waals surface area (Å²) in [4.78, 5) is 15.4. The van der Waals surface area contributed by atoms with Gasteiger partial charge in [-0.2, -0.15) is 0 Å². The van der Waals surface area contributed by atoms with Crippen LogP contribution < -0.4 is 20.8 Å². The van der Waals surface area contributed by atoms with Crippen molar-refractivity contribution in [1.82, 2.24) is 4.98 Å². The van der Waals surface area contributed by atoms with E-state index in [1.165, 1.54) is 25.7 Å². The lowest BCUT2D eigenvalue weighted by atomic mass is 10.1. The molecule has 0 aliphatic rings. The minimum absolute atomic E-state index is 0.253. The highest BCUT2D eigenvalue weighted by molar-refractivity contribution is 5.89. The minimum Gasteiger partial charge on any atom is -0.485 e. The predicted molar refractivity (Wildman–Crippen MR) is 113 cm³/mol. The van der Waals surface area contributed by atoms with Gasteiger partial charge in [-0.3, -0.25) is 4.79 Å². The number of hydrogen-bond donors (Lipinski definition) is 2. The van der Waals surface area contributed by atoms with Crippen molar-refractivity contribution in [3.63, 3.8) is 0 Å². The van der Waals surface area contributed by atoms with Crippen LogP contribution in [0.1, 0.15) is 59.3 Å². The Morgan fingerprint density at radius 3 is 2.56 bits per heavy atom. The molecular formula is C22H32N2O3. The molecular weight excluding hydrogens is 340 g/mol. The molecule has 2 rings (SSSR count). The van der Waals surface area contributed by atoms with Crippen molar-refractivity contribution in [3.8, 4) is 11.5 Å². The number of nitrogens with two attached hydrogens (primary N) is 1. The zero-order chi connectivity index (χ0) is 19.6. The summed E-state index contributed by atoms with van der Waals surface area (Å²) in [7, 11) is 0. The van der Waals surface area contributed by atoms with E-state index < -0.39 is 0 Å². The summed E-state index contributed by atoms with van der Waals surface area (Å²) in [6.45, 7) is 7.12. The van der Waals surface area contributed by atoms with Gasteiger partial charge in [0.05, 0.1) is 12.1 Å². The lowest BCUT2D eigenvalue weighted by molar-refractivity contribution is 0.274. The van der Waals surface area contributed by atoms with Gasteiger partial charge in [0.2, 0.25) is 5.75 Å². The quantitative estimate of drug-likeness (QED) is 0.323. The third kappa shape index (κ3) is 6.35. The van der Waals surface area contributed by atoms with Crippen LogP contribution in [0.4, 0.5) is 5.69 Å². The number of nitrogen functional groups attached to an aromatic ring is 1. The number of hydrogen-bond acceptors (Lipinski definition) is 4. The molecule has 0 radical (unpaired) electrons. The molecule has 0 aliphatic heterocycles. The second kappa shape index (κ2) is 10.7. The van der Waals surface area contributed by atoms with Crippen molar-refractivity contribution in [1.29, 1.82) is 0 Å². The van der Waals surface area contributed by atoms with E-state index in [0.717, 1.165) is 23.8 Å². The Morgan fingerprint density at radius 1 is 1.07 bits per heavy atom. The summed E-state index contributed by atoms with van der Waals surface area (Å²) < 4.78 is 11.8. The molecule has 27 heavy (non-hydrogen) atoms. The number of H-pyrrole nitrogens is 1. The van der Waals surface area contributed by atoms with Gasteiger partial charge >= 0.3 is 0 Å². The van der Waals surface area contributed by atoms with Crippen LogP contribution in [0, 0.1) is 0 Å². The SMILES string of the molecule is CCCCCCCCOc1c(OCC=C(C)C)c2ccc(N)cc2[nH]c1=O. The Kier molecular flexibility index (Phi) is 8.24. The summed E-state index contributed by atoms with van der Waals surface area (Å²) in [6.07, 6.45) is 8.98. The molecule has 1 aromatic carbocycles. The van der Waals surface area contributed by atoms with Gasteiger partial charge in [-0.1, -0.05) is 44.6 Å². The van der Waals surface area contributed by atoms with E-state index in [-0.39, 0.29) is 11.3 Å². The fraction of sp³-hybridized carbons (Fsp3) is 0.500. The maximum absolute atomic E-state index is 12.6. The lowest BCUT2D eigenvalue weighted by Gasteiger charge is -2.14. The van der Waals surface area contributed by atoms with E-state index in [1.54, 1.807) is 12.1 Å². The highest BCUT2D eigenvalue weighted by Crippen LogP contribution is 2.32. The van der Waals surface area contributed by atoms with Gasteiger partial charge in [-0.05, 0) is 44.5 Å². The van der Waals surface area contributed by atoms with Crippen molar-refractivity contribution in [2.24, 2.45) is 0 Å². The summed E-state index contributed by atoms with van der Waals surface area (Å²) in [5, 5.41) is 0.795. The molecule has 5 heteroatoms. The monoisotopic (exact) mass is 372 g/mol. The first kappa shape index (κ1) is 20.9. The molecule has 0 unspecified atom stereocenters. The average Bonchev–Trinajstić information content (AvgIpc) is 2.62. The van der Waals surface area contributed by atoms with E-state index in [0.29, 0.717) is 30.2 Å². The van der Waals surface area contributed by atoms with Crippen molar-refractivity contribution in [3.05, 3.63) is 40.2 Å². The first-order valence-electron chi connectivity index (χ1n) is 9.87. The van der Waals surface area contributed by atoms with Gasteiger partial charge < -0.3 is 20.2 Å². The molecule has 0 spiro atoms. The fourth-order valence-electron chi connectivity index (χ4n) is 2.89. The van der Waals surface area contributed by atoms with E-state index >= 15 is 0 Å². The number of aromatic nitrogens is 1. The smallest absolute Gasteiger partial charge is 0.294 e. The lowest BCUT2D eigenvalue weighted by Crippen LogP contribution is -2.15. The Balaban J connectivity index is 2.17. The maximum atomic E-state index is 12.6. The first-order valence-corrected chi connectivity index (χ1v) is 9.87. The van der Waals surface area contributed by atoms with E-state index in [9.17, 15) is 4.79 Å². The molecule has 1 aromatic heterocycles. The third-order valence-electron chi connectivity index (χ3n) is 4.41. The van der Waals surface area contributed by atoms with Gasteiger partial charge in [0.1, 0.15) is 6.61 Å². The summed E-state index contributed by atoms with van der Waals surface area (Å²) >= 11 is 0. The second-order valence-electron chi connectivity index (χ2n) is 7.13. The van der Waals surface area contributed by atoms with Crippen LogP contribution in [0.15, 0.2) is 34.6 Å². The highest BCUT2D eigenvalue weighted by Gasteiger charge is 2.16. The molecule has 0 fully saturated rings. The molecule has 0 saturated carbocycles. The average molecular weight is 373 g/mol. The Labute approximate surface area is 161 Å². The standard InChI is InChI=1S/C22H32N2O3/c1-4-5-6-7-8-9-13-26-21-20(27-14-12-16(2)3)18-11-10-17(23)15-19(18)24-22(21)25/h10-12,15H,4-9,13-14,23H2,1-3H3,(H,24,25). The van der Waals surface area contributed by atoms with Crippen LogP contribution in [0.2, 0.25) is 0 Å². The minimum atomic E-state index is -0.286. The zero-order valence-corrected chi connectivity index (χ0v) is 16.8. The van der Waals surface area contributed by atoms with E-state index in [4.69, 9.17) is 15.2 Å². The Morgan fingerprint density at radius 2 is 1.81 bits per heavy atom. The number of fused-ring (bicyclic) bond motifs is 1. The van der Waals surface area contributed by atoms with Crippen LogP contribution in [-0.2, 0) is 0 Å². The number of pyridine rings is 1. The number of aromatic amines is 1. The third-order valence-corrected chi connectivity index (χ3v) is 4.41. The Bertz CT molecular complexity index is 820. The number of nitrogens with one attached hydrogen (secondary N) is 1. The van der Waals surface area contributed by atoms with E-state index in [2.05, 4.69) is 11.9 Å². The molecule has 0 aliphatic carbocycles. The number of unbranched alkanes of at least 4 members (excludes halogenated alkanes) is 5. The van der Waals surface area contributed by atoms with Gasteiger partial charge in [-0.25, -0.2) is 0 Å². The largest absolute Gasteiger partial charge is 0.485 e. The van der Waals surface area contributed by atoms with Crippen LogP contribution in [0.3, 0.4) is 0 Å². The number of benzene rings is 1. The van der Waals surface area contributed by atoms with Crippen LogP contribution in [-0.4, -0.2) is 18.2 Å². The van der Waals surface area contributed by atoms with Crippen LogP contribution in [0.25, 0.3) is 10.9 Å². The second-order valence-corrected chi connectivity index (χ2v) is 7.13. The molecule has 0 amide bonds. The number of ether oxygens (including phenoxy) is 2. The normalized spacial score (nSPS) is 10.8. The molecule has 148 valence electrons. The number of allylic oxidation sites excluding steroid dienone is 1. The van der Waals surface area contributed by atoms with Gasteiger partial charge in [0.25, 0.3) is 5.56 Å². The number of rotatable bonds is 11. The van der Waals surface area contributed by atoms with Crippen LogP contribution >= 0.6 is 0 Å². The van der Waals surface area contributed by atoms with Gasteiger partial charge in [-0.15, -0.1) is 0 Å².